The number of benzene rings is 1. The average molecular weight is 468 g/mol. The van der Waals surface area contributed by atoms with Gasteiger partial charge in [-0.25, -0.2) is 9.97 Å². The molecule has 0 saturated heterocycles. The molecule has 1 atom stereocenters. The number of Topliss-reactive ketones (excluding diaryl/α,β-unsaturated/α-hetero) is 2. The molecule has 1 amide bonds. The van der Waals surface area contributed by atoms with E-state index in [0.29, 0.717) is 26.7 Å². The summed E-state index contributed by atoms with van der Waals surface area (Å²) in [4.78, 5) is 49.6. The zero-order chi connectivity index (χ0) is 23.3. The highest BCUT2D eigenvalue weighted by Crippen LogP contribution is 2.44. The molecule has 1 aromatic carbocycles. The van der Waals surface area contributed by atoms with Gasteiger partial charge in [-0.1, -0.05) is 41.2 Å². The number of aliphatic hydroxyl groups is 1. The number of anilines is 1. The molecule has 1 N–H and O–H groups in total. The molecule has 164 valence electrons. The van der Waals surface area contributed by atoms with Gasteiger partial charge in [-0.3, -0.25) is 19.3 Å². The van der Waals surface area contributed by atoms with Crippen LogP contribution in [-0.2, 0) is 4.79 Å². The number of hydrogen-bond donors (Lipinski definition) is 1. The first-order valence-electron chi connectivity index (χ1n) is 9.90. The zero-order valence-electron chi connectivity index (χ0n) is 18.2. The van der Waals surface area contributed by atoms with Gasteiger partial charge in [0.05, 0.1) is 37.8 Å². The molecule has 1 aliphatic heterocycles. The van der Waals surface area contributed by atoms with Crippen LogP contribution in [0.3, 0.4) is 0 Å². The van der Waals surface area contributed by atoms with E-state index in [1.165, 1.54) is 23.2 Å². The fourth-order valence-corrected chi connectivity index (χ4v) is 5.64. The Bertz CT molecular complexity index is 1300. The van der Waals surface area contributed by atoms with E-state index in [-0.39, 0.29) is 16.5 Å². The van der Waals surface area contributed by atoms with Gasteiger partial charge in [0.2, 0.25) is 5.78 Å². The van der Waals surface area contributed by atoms with Crippen LogP contribution >= 0.6 is 22.7 Å². The van der Waals surface area contributed by atoms with Crippen LogP contribution in [0.1, 0.15) is 59.8 Å². The number of amides is 1. The summed E-state index contributed by atoms with van der Waals surface area (Å²) in [6.07, 6.45) is 0. The van der Waals surface area contributed by atoms with Gasteiger partial charge in [-0.05, 0) is 33.3 Å². The number of thiazole rings is 2. The van der Waals surface area contributed by atoms with E-state index in [1.54, 1.807) is 20.8 Å². The van der Waals surface area contributed by atoms with Crippen molar-refractivity contribution in [3.63, 3.8) is 0 Å². The van der Waals surface area contributed by atoms with Gasteiger partial charge in [0, 0.05) is 6.92 Å². The molecule has 32 heavy (non-hydrogen) atoms. The number of hydrogen-bond acceptors (Lipinski definition) is 8. The maximum atomic E-state index is 13.5. The molecule has 0 bridgehead atoms. The van der Waals surface area contributed by atoms with E-state index in [2.05, 4.69) is 9.97 Å². The minimum Gasteiger partial charge on any atom is -0.503 e. The lowest BCUT2D eigenvalue weighted by Gasteiger charge is -2.24. The highest BCUT2D eigenvalue weighted by Gasteiger charge is 2.46. The largest absolute Gasteiger partial charge is 0.503 e. The van der Waals surface area contributed by atoms with Crippen molar-refractivity contribution in [2.24, 2.45) is 0 Å². The molecule has 1 unspecified atom stereocenters. The number of ketones is 2. The third-order valence-electron chi connectivity index (χ3n) is 5.27. The molecule has 3 heterocycles. The standard InChI is InChI=1S/C23H21N3O4S2/c1-10-6-8-15(9-7-10)17-16(18(28)21-12(3)24-14(5)31-21)19(29)22(30)26(17)23-25-11(2)20(32-23)13(4)27/h6-9,17,29H,1-5H3. The highest BCUT2D eigenvalue weighted by molar-refractivity contribution is 7.17. The van der Waals surface area contributed by atoms with Crippen molar-refractivity contribution in [3.8, 4) is 0 Å². The van der Waals surface area contributed by atoms with Crippen molar-refractivity contribution in [2.75, 3.05) is 4.90 Å². The van der Waals surface area contributed by atoms with Crippen molar-refractivity contribution in [3.05, 3.63) is 72.9 Å². The molecular weight excluding hydrogens is 446 g/mol. The summed E-state index contributed by atoms with van der Waals surface area (Å²) >= 11 is 2.30. The van der Waals surface area contributed by atoms with Crippen molar-refractivity contribution in [2.45, 2.75) is 40.7 Å². The molecule has 0 spiro atoms. The monoisotopic (exact) mass is 467 g/mol. The van der Waals surface area contributed by atoms with Crippen LogP contribution in [0.15, 0.2) is 35.6 Å². The first kappa shape index (κ1) is 22.0. The molecule has 2 aromatic heterocycles. The van der Waals surface area contributed by atoms with Gasteiger partial charge in [0.25, 0.3) is 5.91 Å². The Hall–Kier alpha value is -3.17. The number of aliphatic hydroxyl groups excluding tert-OH is 1. The normalized spacial score (nSPS) is 16.2. The van der Waals surface area contributed by atoms with Crippen LogP contribution in [0.5, 0.6) is 0 Å². The number of aromatic nitrogens is 2. The van der Waals surface area contributed by atoms with Crippen LogP contribution in [0.25, 0.3) is 0 Å². The first-order chi connectivity index (χ1) is 15.1. The van der Waals surface area contributed by atoms with Crippen LogP contribution in [0.4, 0.5) is 5.13 Å². The van der Waals surface area contributed by atoms with E-state index in [1.807, 2.05) is 31.2 Å². The summed E-state index contributed by atoms with van der Waals surface area (Å²) in [5.41, 5.74) is 2.72. The van der Waals surface area contributed by atoms with Gasteiger partial charge in [0.1, 0.15) is 0 Å². The van der Waals surface area contributed by atoms with E-state index in [0.717, 1.165) is 21.9 Å². The number of carbonyl (C=O) groups is 3. The van der Waals surface area contributed by atoms with Gasteiger partial charge in [0.15, 0.2) is 16.7 Å². The molecule has 4 rings (SSSR count). The minimum atomic E-state index is -0.872. The quantitative estimate of drug-likeness (QED) is 0.540. The average Bonchev–Trinajstić information content (AvgIpc) is 3.36. The summed E-state index contributed by atoms with van der Waals surface area (Å²) in [5.74, 6) is -1.92. The third kappa shape index (κ3) is 3.57. The number of aryl methyl sites for hydroxylation is 4. The third-order valence-corrected chi connectivity index (χ3v) is 7.60. The molecule has 7 nitrogen and oxygen atoms in total. The van der Waals surface area contributed by atoms with Crippen LogP contribution in [-0.4, -0.2) is 32.5 Å². The van der Waals surface area contributed by atoms with E-state index in [4.69, 9.17) is 0 Å². The first-order valence-corrected chi connectivity index (χ1v) is 11.5. The Kier molecular flexibility index (Phi) is 5.56. The summed E-state index contributed by atoms with van der Waals surface area (Å²) in [6, 6.07) is 6.53. The minimum absolute atomic E-state index is 0.0113. The molecule has 0 fully saturated rings. The second-order valence-electron chi connectivity index (χ2n) is 7.69. The van der Waals surface area contributed by atoms with Crippen LogP contribution in [0, 0.1) is 27.7 Å². The Balaban J connectivity index is 1.90. The molecule has 9 heteroatoms. The second-order valence-corrected chi connectivity index (χ2v) is 9.88. The molecule has 0 radical (unpaired) electrons. The van der Waals surface area contributed by atoms with Crippen molar-refractivity contribution in [1.29, 1.82) is 0 Å². The fourth-order valence-electron chi connectivity index (χ4n) is 3.77. The summed E-state index contributed by atoms with van der Waals surface area (Å²) in [7, 11) is 0. The fraction of sp³-hybridized carbons (Fsp3) is 0.261. The maximum Gasteiger partial charge on any atom is 0.296 e. The van der Waals surface area contributed by atoms with Crippen molar-refractivity contribution < 1.29 is 19.5 Å². The Morgan fingerprint density at radius 1 is 0.969 bits per heavy atom. The molecule has 3 aromatic rings. The summed E-state index contributed by atoms with van der Waals surface area (Å²) in [6.45, 7) is 8.60. The Morgan fingerprint density at radius 2 is 1.59 bits per heavy atom. The van der Waals surface area contributed by atoms with Gasteiger partial charge in [-0.2, -0.15) is 0 Å². The predicted octanol–water partition coefficient (Wildman–Crippen LogP) is 4.82. The van der Waals surface area contributed by atoms with Gasteiger partial charge < -0.3 is 5.11 Å². The topological polar surface area (TPSA) is 100 Å². The van der Waals surface area contributed by atoms with Crippen LogP contribution < -0.4 is 4.90 Å². The summed E-state index contributed by atoms with van der Waals surface area (Å²) in [5, 5.41) is 11.8. The van der Waals surface area contributed by atoms with Crippen molar-refractivity contribution >= 4 is 45.3 Å². The van der Waals surface area contributed by atoms with Gasteiger partial charge in [-0.15, -0.1) is 11.3 Å². The van der Waals surface area contributed by atoms with E-state index < -0.39 is 23.5 Å². The SMILES string of the molecule is CC(=O)c1sc(N2C(=O)C(O)=C(C(=O)c3sc(C)nc3C)C2c2ccc(C)cc2)nc1C. The van der Waals surface area contributed by atoms with Gasteiger partial charge >= 0.3 is 0 Å². The Morgan fingerprint density at radius 3 is 2.12 bits per heavy atom. The van der Waals surface area contributed by atoms with E-state index in [9.17, 15) is 19.5 Å². The van der Waals surface area contributed by atoms with Crippen molar-refractivity contribution in [1.82, 2.24) is 9.97 Å². The highest BCUT2D eigenvalue weighted by atomic mass is 32.1. The molecule has 1 aliphatic rings. The summed E-state index contributed by atoms with van der Waals surface area (Å²) < 4.78 is 0. The second kappa shape index (κ2) is 8.07. The number of carbonyl (C=O) groups excluding carboxylic acids is 3. The lowest BCUT2D eigenvalue weighted by Crippen LogP contribution is -2.31. The zero-order valence-corrected chi connectivity index (χ0v) is 19.8. The number of nitrogens with zero attached hydrogens (tertiary/aromatic N) is 3. The van der Waals surface area contributed by atoms with Crippen LogP contribution in [0.2, 0.25) is 0 Å². The van der Waals surface area contributed by atoms with E-state index >= 15 is 0 Å². The molecule has 0 aliphatic carbocycles. The Labute approximate surface area is 193 Å². The lowest BCUT2D eigenvalue weighted by molar-refractivity contribution is -0.117. The molecular formula is C23H21N3O4S2. The predicted molar refractivity (Wildman–Crippen MR) is 124 cm³/mol. The maximum absolute atomic E-state index is 13.5. The number of rotatable bonds is 5. The lowest BCUT2D eigenvalue weighted by atomic mass is 9.94. The smallest absolute Gasteiger partial charge is 0.296 e. The molecule has 0 saturated carbocycles.